The van der Waals surface area contributed by atoms with Gasteiger partial charge in [0.05, 0.1) is 36.0 Å². The summed E-state index contributed by atoms with van der Waals surface area (Å²) in [5.74, 6) is -3.55. The summed E-state index contributed by atoms with van der Waals surface area (Å²) in [6.07, 6.45) is -2.45. The van der Waals surface area contributed by atoms with Gasteiger partial charge in [0, 0.05) is 42.0 Å². The van der Waals surface area contributed by atoms with Crippen LogP contribution in [-0.2, 0) is 20.7 Å². The lowest BCUT2D eigenvalue weighted by molar-refractivity contribution is -0.225. The molecule has 38 heavy (non-hydrogen) atoms. The fourth-order valence-corrected chi connectivity index (χ4v) is 5.81. The van der Waals surface area contributed by atoms with Crippen molar-refractivity contribution in [3.8, 4) is 17.2 Å². The fraction of sp³-hybridized carbons (Fsp3) is 0.444. The average Bonchev–Trinajstić information content (AvgIpc) is 2.87. The van der Waals surface area contributed by atoms with Crippen LogP contribution in [0.4, 0.5) is 0 Å². The van der Waals surface area contributed by atoms with Crippen LogP contribution in [0.1, 0.15) is 75.3 Å². The summed E-state index contributed by atoms with van der Waals surface area (Å²) in [6.45, 7) is 0.827. The molecule has 2 aliphatic carbocycles. The second kappa shape index (κ2) is 9.44. The molecular formula is C27H29NO10. The van der Waals surface area contributed by atoms with E-state index in [1.54, 1.807) is 0 Å². The second-order valence-corrected chi connectivity index (χ2v) is 10.1. The minimum absolute atomic E-state index is 0.0274. The summed E-state index contributed by atoms with van der Waals surface area (Å²) < 4.78 is 17.2. The topological polar surface area (TPSA) is 186 Å². The van der Waals surface area contributed by atoms with E-state index in [1.807, 2.05) is 6.92 Å². The number of carbonyl (C=O) groups excluding carboxylic acids is 3. The molecule has 2 aromatic rings. The van der Waals surface area contributed by atoms with E-state index in [9.17, 15) is 34.8 Å². The molecule has 0 unspecified atom stereocenters. The Kier molecular flexibility index (Phi) is 6.52. The van der Waals surface area contributed by atoms with E-state index in [-0.39, 0.29) is 46.6 Å². The molecule has 0 bridgehead atoms. The molecule has 5 atom stereocenters. The van der Waals surface area contributed by atoms with Crippen molar-refractivity contribution in [2.75, 3.05) is 13.7 Å². The summed E-state index contributed by atoms with van der Waals surface area (Å²) in [4.78, 5) is 39.7. The van der Waals surface area contributed by atoms with Crippen molar-refractivity contribution < 1.29 is 49.0 Å². The van der Waals surface area contributed by atoms with Crippen molar-refractivity contribution in [2.24, 2.45) is 5.73 Å². The van der Waals surface area contributed by atoms with E-state index in [0.29, 0.717) is 6.42 Å². The number of hydrogen-bond acceptors (Lipinski definition) is 11. The van der Waals surface area contributed by atoms with Gasteiger partial charge in [0.1, 0.15) is 29.5 Å². The van der Waals surface area contributed by atoms with Crippen LogP contribution in [0.2, 0.25) is 0 Å². The summed E-state index contributed by atoms with van der Waals surface area (Å²) in [6, 6.07) is 4.17. The third-order valence-corrected chi connectivity index (χ3v) is 7.57. The number of phenolic OH excluding ortho intramolecular Hbond substituents is 2. The van der Waals surface area contributed by atoms with Gasteiger partial charge in [-0.25, -0.2) is 0 Å². The number of Topliss-reactive ketones (excluding diaryl/α,β-unsaturated/α-hetero) is 1. The molecule has 0 aromatic heterocycles. The number of ketones is 3. The van der Waals surface area contributed by atoms with Gasteiger partial charge >= 0.3 is 0 Å². The third-order valence-electron chi connectivity index (χ3n) is 7.57. The Morgan fingerprint density at radius 2 is 1.84 bits per heavy atom. The van der Waals surface area contributed by atoms with Gasteiger partial charge in [-0.1, -0.05) is 12.1 Å². The predicted molar refractivity (Wildman–Crippen MR) is 130 cm³/mol. The molecule has 11 heteroatoms. The largest absolute Gasteiger partial charge is 0.507 e. The lowest BCUT2D eigenvalue weighted by atomic mass is 9.72. The zero-order chi connectivity index (χ0) is 27.5. The highest BCUT2D eigenvalue weighted by Crippen LogP contribution is 2.52. The molecule has 202 valence electrons. The van der Waals surface area contributed by atoms with E-state index >= 15 is 0 Å². The summed E-state index contributed by atoms with van der Waals surface area (Å²) in [7, 11) is 1.34. The highest BCUT2D eigenvalue weighted by atomic mass is 16.7. The SMILES string of the molecule is COc1cccc2c1C(=O)c1c(O)c3c(c(O)c1C2=O)C[C@@](O)(C(=O)CO)C[C@H]3O[C@@H]1C[C@@H](N)C[C@@H](C)O1. The van der Waals surface area contributed by atoms with E-state index in [2.05, 4.69) is 0 Å². The zero-order valence-corrected chi connectivity index (χ0v) is 20.9. The molecule has 0 spiro atoms. The number of fused-ring (bicyclic) bond motifs is 3. The maximum absolute atomic E-state index is 13.6. The number of aliphatic hydroxyl groups excluding tert-OH is 1. The van der Waals surface area contributed by atoms with Crippen molar-refractivity contribution in [1.82, 2.24) is 0 Å². The van der Waals surface area contributed by atoms with Gasteiger partial charge in [-0.3, -0.25) is 14.4 Å². The first-order chi connectivity index (χ1) is 18.0. The number of hydrogen-bond donors (Lipinski definition) is 5. The van der Waals surface area contributed by atoms with Crippen molar-refractivity contribution in [3.05, 3.63) is 51.6 Å². The molecule has 0 amide bonds. The maximum Gasteiger partial charge on any atom is 0.202 e. The van der Waals surface area contributed by atoms with Gasteiger partial charge in [-0.2, -0.15) is 0 Å². The Balaban J connectivity index is 1.70. The van der Waals surface area contributed by atoms with E-state index in [1.165, 1.54) is 25.3 Å². The number of aromatic hydroxyl groups is 2. The first-order valence-corrected chi connectivity index (χ1v) is 12.3. The number of nitrogens with two attached hydrogens (primary N) is 1. The Labute approximate surface area is 217 Å². The van der Waals surface area contributed by atoms with Crippen molar-refractivity contribution >= 4 is 17.3 Å². The van der Waals surface area contributed by atoms with Crippen LogP contribution >= 0.6 is 0 Å². The molecule has 2 aromatic carbocycles. The molecule has 1 heterocycles. The van der Waals surface area contributed by atoms with Crippen LogP contribution < -0.4 is 10.5 Å². The number of benzene rings is 2. The van der Waals surface area contributed by atoms with Gasteiger partial charge in [0.25, 0.3) is 0 Å². The predicted octanol–water partition coefficient (Wildman–Crippen LogP) is 1.03. The summed E-state index contributed by atoms with van der Waals surface area (Å²) in [5.41, 5.74) is 2.78. The quantitative estimate of drug-likeness (QED) is 0.298. The van der Waals surface area contributed by atoms with Gasteiger partial charge in [0.2, 0.25) is 5.78 Å². The maximum atomic E-state index is 13.6. The lowest BCUT2D eigenvalue weighted by Crippen LogP contribution is -2.48. The van der Waals surface area contributed by atoms with Crippen LogP contribution in [0.15, 0.2) is 18.2 Å². The highest BCUT2D eigenvalue weighted by Gasteiger charge is 2.49. The molecule has 6 N–H and O–H groups in total. The summed E-state index contributed by atoms with van der Waals surface area (Å²) in [5, 5.41) is 43.6. The molecule has 5 rings (SSSR count). The molecule has 1 saturated heterocycles. The molecule has 0 saturated carbocycles. The van der Waals surface area contributed by atoms with Crippen molar-refractivity contribution in [3.63, 3.8) is 0 Å². The Morgan fingerprint density at radius 1 is 1.13 bits per heavy atom. The average molecular weight is 528 g/mol. The second-order valence-electron chi connectivity index (χ2n) is 10.1. The van der Waals surface area contributed by atoms with Crippen molar-refractivity contribution in [1.29, 1.82) is 0 Å². The van der Waals surface area contributed by atoms with Crippen LogP contribution in [0.5, 0.6) is 17.2 Å². The van der Waals surface area contributed by atoms with Gasteiger partial charge < -0.3 is 40.4 Å². The van der Waals surface area contributed by atoms with Crippen LogP contribution in [0.25, 0.3) is 0 Å². The van der Waals surface area contributed by atoms with E-state index < -0.39 is 77.4 Å². The first-order valence-electron chi connectivity index (χ1n) is 12.3. The van der Waals surface area contributed by atoms with Gasteiger partial charge in [-0.05, 0) is 19.4 Å². The standard InChI is InChI=1S/C27H29NO10/c1-11-6-12(28)7-18(37-11)38-16-9-27(35,17(30)10-29)8-14-20(16)26(34)22-21(24(14)32)23(31)13-4-3-5-15(36-2)19(13)25(22)33/h3-5,11-12,16,18,29,32,34-35H,6-10,28H2,1-2H3/t11-,12+,16-,18-,27+/m1/s1. The highest BCUT2D eigenvalue weighted by molar-refractivity contribution is 6.31. The number of methoxy groups -OCH3 is 1. The van der Waals surface area contributed by atoms with Crippen molar-refractivity contribution in [2.45, 2.75) is 62.7 Å². The van der Waals surface area contributed by atoms with Crippen LogP contribution in [-0.4, -0.2) is 75.5 Å². The molecular weight excluding hydrogens is 498 g/mol. The molecule has 3 aliphatic rings. The van der Waals surface area contributed by atoms with Crippen LogP contribution in [0, 0.1) is 0 Å². The molecule has 1 fully saturated rings. The zero-order valence-electron chi connectivity index (χ0n) is 20.9. The van der Waals surface area contributed by atoms with E-state index in [0.717, 1.165) is 0 Å². The van der Waals surface area contributed by atoms with E-state index in [4.69, 9.17) is 19.9 Å². The fourth-order valence-electron chi connectivity index (χ4n) is 5.81. The summed E-state index contributed by atoms with van der Waals surface area (Å²) >= 11 is 0. The smallest absolute Gasteiger partial charge is 0.202 e. The lowest BCUT2D eigenvalue weighted by Gasteiger charge is -2.41. The normalized spacial score (nSPS) is 28.3. The Morgan fingerprint density at radius 3 is 2.50 bits per heavy atom. The number of aliphatic hydroxyl groups is 2. The van der Waals surface area contributed by atoms with Gasteiger partial charge in [0.15, 0.2) is 17.9 Å². The Hall–Kier alpha value is -3.35. The van der Waals surface area contributed by atoms with Gasteiger partial charge in [-0.15, -0.1) is 0 Å². The molecule has 1 aliphatic heterocycles. The number of ether oxygens (including phenoxy) is 3. The first kappa shape index (κ1) is 26.3. The molecule has 11 nitrogen and oxygen atoms in total. The Bertz CT molecular complexity index is 1340. The van der Waals surface area contributed by atoms with Crippen LogP contribution in [0.3, 0.4) is 0 Å². The number of phenols is 2. The monoisotopic (exact) mass is 527 g/mol. The minimum atomic E-state index is -2.18. The minimum Gasteiger partial charge on any atom is -0.507 e. The third kappa shape index (κ3) is 3.98. The number of rotatable bonds is 5. The number of carbonyl (C=O) groups is 3. The molecule has 0 radical (unpaired) electrons.